The summed E-state index contributed by atoms with van der Waals surface area (Å²) in [7, 11) is 2.68. The van der Waals surface area contributed by atoms with Gasteiger partial charge >= 0.3 is 12.1 Å². The summed E-state index contributed by atoms with van der Waals surface area (Å²) >= 11 is 0. The molecule has 7 heteroatoms. The first-order valence-corrected chi connectivity index (χ1v) is 7.18. The van der Waals surface area contributed by atoms with E-state index in [-0.39, 0.29) is 25.5 Å². The van der Waals surface area contributed by atoms with Gasteiger partial charge in [-0.3, -0.25) is 9.59 Å². The maximum Gasteiger partial charge on any atom is 0.409 e. The maximum absolute atomic E-state index is 12.4. The number of ether oxygens (including phenoxy) is 1. The van der Waals surface area contributed by atoms with Crippen molar-refractivity contribution in [3.05, 3.63) is 35.9 Å². The van der Waals surface area contributed by atoms with Crippen LogP contribution >= 0.6 is 0 Å². The highest BCUT2D eigenvalue weighted by atomic mass is 16.5. The molecule has 0 bridgehead atoms. The van der Waals surface area contributed by atoms with E-state index in [2.05, 4.69) is 4.74 Å². The Labute approximate surface area is 135 Å². The van der Waals surface area contributed by atoms with Crippen molar-refractivity contribution in [1.29, 1.82) is 0 Å². The molecule has 0 aromatic heterocycles. The first kappa shape index (κ1) is 18.5. The zero-order valence-electron chi connectivity index (χ0n) is 13.6. The average Bonchev–Trinajstić information content (AvgIpc) is 2.53. The molecule has 0 saturated carbocycles. The maximum atomic E-state index is 12.4. The Kier molecular flexibility index (Phi) is 7.05. The van der Waals surface area contributed by atoms with Crippen LogP contribution in [0.15, 0.2) is 30.3 Å². The molecule has 1 N–H and O–H groups in total. The quantitative estimate of drug-likeness (QED) is 0.820. The van der Waals surface area contributed by atoms with Crippen LogP contribution in [0.25, 0.3) is 0 Å². The van der Waals surface area contributed by atoms with E-state index >= 15 is 0 Å². The Morgan fingerprint density at radius 1 is 1.22 bits per heavy atom. The van der Waals surface area contributed by atoms with E-state index < -0.39 is 18.0 Å². The molecule has 126 valence electrons. The SMILES string of the molecule is COC(=O)N(C)CC(=O)N(Cc1ccccc1)C[C@H](C)C(=O)O. The van der Waals surface area contributed by atoms with Crippen molar-refractivity contribution < 1.29 is 24.2 Å². The highest BCUT2D eigenvalue weighted by molar-refractivity contribution is 5.82. The normalized spacial score (nSPS) is 11.4. The Morgan fingerprint density at radius 2 is 1.83 bits per heavy atom. The topological polar surface area (TPSA) is 87.2 Å². The van der Waals surface area contributed by atoms with Crippen LogP contribution in [0.2, 0.25) is 0 Å². The summed E-state index contributed by atoms with van der Waals surface area (Å²) in [6.45, 7) is 1.72. The molecule has 1 rings (SSSR count). The molecular weight excluding hydrogens is 300 g/mol. The van der Waals surface area contributed by atoms with E-state index in [0.29, 0.717) is 0 Å². The van der Waals surface area contributed by atoms with Crippen LogP contribution in [0.3, 0.4) is 0 Å². The van der Waals surface area contributed by atoms with Crippen LogP contribution in [0, 0.1) is 5.92 Å². The van der Waals surface area contributed by atoms with Gasteiger partial charge in [0.05, 0.1) is 13.0 Å². The van der Waals surface area contributed by atoms with Crippen molar-refractivity contribution >= 4 is 18.0 Å². The minimum absolute atomic E-state index is 0.0675. The van der Waals surface area contributed by atoms with Gasteiger partial charge in [0.15, 0.2) is 0 Å². The van der Waals surface area contributed by atoms with Gasteiger partial charge in [0.2, 0.25) is 5.91 Å². The van der Waals surface area contributed by atoms with E-state index in [0.717, 1.165) is 10.5 Å². The smallest absolute Gasteiger partial charge is 0.409 e. The predicted octanol–water partition coefficient (Wildman–Crippen LogP) is 1.43. The molecule has 1 atom stereocenters. The zero-order chi connectivity index (χ0) is 17.4. The second-order valence-corrected chi connectivity index (χ2v) is 5.33. The lowest BCUT2D eigenvalue weighted by Crippen LogP contribution is -2.43. The van der Waals surface area contributed by atoms with E-state index in [1.54, 1.807) is 0 Å². The Bertz CT molecular complexity index is 547. The number of nitrogens with zero attached hydrogens (tertiary/aromatic N) is 2. The number of rotatable bonds is 7. The highest BCUT2D eigenvalue weighted by Gasteiger charge is 2.23. The number of benzene rings is 1. The standard InChI is InChI=1S/C16H22N2O5/c1-12(15(20)21)9-18(10-13-7-5-4-6-8-13)14(19)11-17(2)16(22)23-3/h4-8,12H,9-11H2,1-3H3,(H,20,21)/t12-/m0/s1. The minimum atomic E-state index is -0.975. The van der Waals surface area contributed by atoms with Crippen molar-refractivity contribution in [2.24, 2.45) is 5.92 Å². The van der Waals surface area contributed by atoms with E-state index in [9.17, 15) is 14.4 Å². The third-order valence-corrected chi connectivity index (χ3v) is 3.34. The summed E-state index contributed by atoms with van der Waals surface area (Å²) in [5.41, 5.74) is 0.888. The van der Waals surface area contributed by atoms with Crippen molar-refractivity contribution in [2.75, 3.05) is 27.2 Å². The number of carboxylic acids is 1. The largest absolute Gasteiger partial charge is 0.481 e. The molecular formula is C16H22N2O5. The molecule has 1 aromatic rings. The van der Waals surface area contributed by atoms with Crippen LogP contribution in [0.1, 0.15) is 12.5 Å². The molecule has 23 heavy (non-hydrogen) atoms. The van der Waals surface area contributed by atoms with Crippen LogP contribution < -0.4 is 0 Å². The number of hydrogen-bond acceptors (Lipinski definition) is 4. The first-order valence-electron chi connectivity index (χ1n) is 7.18. The van der Waals surface area contributed by atoms with Crippen molar-refractivity contribution in [1.82, 2.24) is 9.80 Å². The third-order valence-electron chi connectivity index (χ3n) is 3.34. The Morgan fingerprint density at radius 3 is 2.35 bits per heavy atom. The van der Waals surface area contributed by atoms with E-state index in [1.165, 1.54) is 26.0 Å². The van der Waals surface area contributed by atoms with Gasteiger partial charge in [-0.25, -0.2) is 4.79 Å². The van der Waals surface area contributed by atoms with Crippen LogP contribution in [0.4, 0.5) is 4.79 Å². The number of carboxylic acid groups (broad SMARTS) is 1. The fourth-order valence-electron chi connectivity index (χ4n) is 1.99. The van der Waals surface area contributed by atoms with Gasteiger partial charge in [0.1, 0.15) is 6.54 Å². The summed E-state index contributed by atoms with van der Waals surface area (Å²) in [5.74, 6) is -2.02. The number of methoxy groups -OCH3 is 1. The summed E-state index contributed by atoms with van der Waals surface area (Å²) < 4.78 is 4.55. The third kappa shape index (κ3) is 5.98. The van der Waals surface area contributed by atoms with Gasteiger partial charge in [0.25, 0.3) is 0 Å². The van der Waals surface area contributed by atoms with Gasteiger partial charge in [-0.05, 0) is 5.56 Å². The predicted molar refractivity (Wildman–Crippen MR) is 83.7 cm³/mol. The van der Waals surface area contributed by atoms with Gasteiger partial charge in [-0.1, -0.05) is 37.3 Å². The van der Waals surface area contributed by atoms with Gasteiger partial charge in [0, 0.05) is 20.1 Å². The molecule has 0 radical (unpaired) electrons. The summed E-state index contributed by atoms with van der Waals surface area (Å²) in [6, 6.07) is 9.27. The molecule has 0 saturated heterocycles. The van der Waals surface area contributed by atoms with Crippen LogP contribution in [0.5, 0.6) is 0 Å². The second kappa shape index (κ2) is 8.77. The van der Waals surface area contributed by atoms with Crippen molar-refractivity contribution in [3.8, 4) is 0 Å². The molecule has 7 nitrogen and oxygen atoms in total. The van der Waals surface area contributed by atoms with Gasteiger partial charge < -0.3 is 19.6 Å². The molecule has 0 aliphatic heterocycles. The monoisotopic (exact) mass is 322 g/mol. The summed E-state index contributed by atoms with van der Waals surface area (Å²) in [4.78, 5) is 37.5. The van der Waals surface area contributed by atoms with E-state index in [1.807, 2.05) is 30.3 Å². The number of hydrogen-bond donors (Lipinski definition) is 1. The zero-order valence-corrected chi connectivity index (χ0v) is 13.6. The summed E-state index contributed by atoms with van der Waals surface area (Å²) in [6.07, 6.45) is -0.621. The lowest BCUT2D eigenvalue weighted by Gasteiger charge is -2.26. The summed E-state index contributed by atoms with van der Waals surface area (Å²) in [5, 5.41) is 9.06. The second-order valence-electron chi connectivity index (χ2n) is 5.33. The Hall–Kier alpha value is -2.57. The number of aliphatic carboxylic acids is 1. The molecule has 2 amide bonds. The molecule has 0 heterocycles. The van der Waals surface area contributed by atoms with Gasteiger partial charge in [-0.15, -0.1) is 0 Å². The van der Waals surface area contributed by atoms with Crippen LogP contribution in [-0.2, 0) is 20.9 Å². The van der Waals surface area contributed by atoms with Crippen molar-refractivity contribution in [3.63, 3.8) is 0 Å². The first-order chi connectivity index (χ1) is 10.8. The highest BCUT2D eigenvalue weighted by Crippen LogP contribution is 2.09. The molecule has 1 aromatic carbocycles. The lowest BCUT2D eigenvalue weighted by atomic mass is 10.1. The number of amides is 2. The molecule has 0 unspecified atom stereocenters. The van der Waals surface area contributed by atoms with Crippen LogP contribution in [-0.4, -0.2) is 60.1 Å². The Balaban J connectivity index is 2.83. The fraction of sp³-hybridized carbons (Fsp3) is 0.438. The molecule has 0 aliphatic carbocycles. The lowest BCUT2D eigenvalue weighted by molar-refractivity contribution is -0.143. The van der Waals surface area contributed by atoms with Gasteiger partial charge in [-0.2, -0.15) is 0 Å². The molecule has 0 aliphatic rings. The van der Waals surface area contributed by atoms with E-state index in [4.69, 9.17) is 5.11 Å². The number of likely N-dealkylation sites (N-methyl/N-ethyl adjacent to an activating group) is 1. The fourth-order valence-corrected chi connectivity index (χ4v) is 1.99. The number of carbonyl (C=O) groups is 3. The number of carbonyl (C=O) groups excluding carboxylic acids is 2. The minimum Gasteiger partial charge on any atom is -0.481 e. The van der Waals surface area contributed by atoms with Crippen molar-refractivity contribution in [2.45, 2.75) is 13.5 Å². The average molecular weight is 322 g/mol. The molecule has 0 spiro atoms. The molecule has 0 fully saturated rings.